The number of primary amides is 1. The Morgan fingerprint density at radius 1 is 1.17 bits per heavy atom. The van der Waals surface area contributed by atoms with Gasteiger partial charge in [-0.3, -0.25) is 14.5 Å². The zero-order valence-electron chi connectivity index (χ0n) is 12.8. The molecule has 0 radical (unpaired) electrons. The van der Waals surface area contributed by atoms with Crippen molar-refractivity contribution in [3.63, 3.8) is 0 Å². The Balaban J connectivity index is 2.33. The second-order valence-electron chi connectivity index (χ2n) is 5.61. The van der Waals surface area contributed by atoms with Gasteiger partial charge in [0.1, 0.15) is 0 Å². The van der Waals surface area contributed by atoms with E-state index in [4.69, 9.17) is 17.3 Å². The number of nitrogens with two attached hydrogens (primary N) is 1. The number of benzene rings is 2. The summed E-state index contributed by atoms with van der Waals surface area (Å²) in [5, 5.41) is 0.340. The van der Waals surface area contributed by atoms with Gasteiger partial charge in [0, 0.05) is 11.3 Å². The van der Waals surface area contributed by atoms with Crippen LogP contribution in [0.25, 0.3) is 0 Å². The fourth-order valence-corrected chi connectivity index (χ4v) is 3.64. The average molecular weight is 329 g/mol. The number of para-hydroxylation sites is 1. The molecule has 0 bridgehead atoms. The molecule has 2 aromatic carbocycles. The Morgan fingerprint density at radius 2 is 1.87 bits per heavy atom. The number of rotatable bonds is 4. The van der Waals surface area contributed by atoms with Gasteiger partial charge < -0.3 is 5.73 Å². The first-order valence-electron chi connectivity index (χ1n) is 7.52. The predicted molar refractivity (Wildman–Crippen MR) is 90.5 cm³/mol. The normalized spacial score (nSPS) is 19.7. The zero-order chi connectivity index (χ0) is 16.6. The van der Waals surface area contributed by atoms with Gasteiger partial charge >= 0.3 is 0 Å². The Labute approximate surface area is 139 Å². The molecule has 1 aliphatic heterocycles. The summed E-state index contributed by atoms with van der Waals surface area (Å²) in [6.45, 7) is 1.96. The van der Waals surface area contributed by atoms with Gasteiger partial charge in [-0.2, -0.15) is 0 Å². The lowest BCUT2D eigenvalue weighted by molar-refractivity contribution is -0.123. The van der Waals surface area contributed by atoms with Gasteiger partial charge in [0.2, 0.25) is 5.91 Å². The summed E-state index contributed by atoms with van der Waals surface area (Å²) in [7, 11) is 0. The van der Waals surface area contributed by atoms with Gasteiger partial charge in [-0.25, -0.2) is 0 Å². The van der Waals surface area contributed by atoms with Gasteiger partial charge in [0.05, 0.1) is 10.6 Å². The van der Waals surface area contributed by atoms with Crippen molar-refractivity contribution < 1.29 is 9.59 Å². The Morgan fingerprint density at radius 3 is 2.48 bits per heavy atom. The zero-order valence-corrected chi connectivity index (χ0v) is 13.5. The highest BCUT2D eigenvalue weighted by molar-refractivity contribution is 6.36. The van der Waals surface area contributed by atoms with E-state index in [1.807, 2.05) is 25.1 Å². The number of carbonyl (C=O) groups is 2. The first kappa shape index (κ1) is 15.6. The highest BCUT2D eigenvalue weighted by Crippen LogP contribution is 2.46. The molecule has 0 fully saturated rings. The van der Waals surface area contributed by atoms with E-state index in [1.54, 1.807) is 30.3 Å². The van der Waals surface area contributed by atoms with E-state index in [0.717, 1.165) is 0 Å². The molecule has 1 atom stereocenters. The molecule has 0 saturated carbocycles. The van der Waals surface area contributed by atoms with Gasteiger partial charge in [-0.1, -0.05) is 55.3 Å². The van der Waals surface area contributed by atoms with Crippen molar-refractivity contribution in [1.29, 1.82) is 0 Å². The predicted octanol–water partition coefficient (Wildman–Crippen LogP) is 3.48. The molecule has 0 spiro atoms. The van der Waals surface area contributed by atoms with Crippen molar-refractivity contribution in [1.82, 2.24) is 0 Å². The second-order valence-corrected chi connectivity index (χ2v) is 6.02. The van der Waals surface area contributed by atoms with Crippen LogP contribution >= 0.6 is 11.6 Å². The van der Waals surface area contributed by atoms with Crippen molar-refractivity contribution in [3.8, 4) is 0 Å². The van der Waals surface area contributed by atoms with Crippen LogP contribution < -0.4 is 10.6 Å². The van der Waals surface area contributed by atoms with Gasteiger partial charge in [-0.15, -0.1) is 0 Å². The van der Waals surface area contributed by atoms with Crippen LogP contribution in [0.4, 0.5) is 5.69 Å². The molecule has 2 N–H and O–H groups in total. The first-order chi connectivity index (χ1) is 11.0. The monoisotopic (exact) mass is 328 g/mol. The van der Waals surface area contributed by atoms with E-state index in [2.05, 4.69) is 0 Å². The maximum Gasteiger partial charge on any atom is 0.261 e. The average Bonchev–Trinajstić information content (AvgIpc) is 2.80. The highest BCUT2D eigenvalue weighted by atomic mass is 35.5. The molecule has 2 aromatic rings. The van der Waals surface area contributed by atoms with Crippen molar-refractivity contribution >= 4 is 29.1 Å². The van der Waals surface area contributed by atoms with Crippen LogP contribution in [0.5, 0.6) is 0 Å². The summed E-state index contributed by atoms with van der Waals surface area (Å²) < 4.78 is 0. The van der Waals surface area contributed by atoms with E-state index in [-0.39, 0.29) is 5.91 Å². The molecule has 3 rings (SSSR count). The Hall–Kier alpha value is -2.33. The lowest BCUT2D eigenvalue weighted by Crippen LogP contribution is -2.53. The molecule has 4 nitrogen and oxygen atoms in total. The molecule has 118 valence electrons. The maximum atomic E-state index is 13.0. The third kappa shape index (κ3) is 2.13. The van der Waals surface area contributed by atoms with Crippen molar-refractivity contribution in [3.05, 3.63) is 64.7 Å². The maximum absolute atomic E-state index is 13.0. The molecule has 5 heteroatoms. The number of amides is 2. The van der Waals surface area contributed by atoms with Gasteiger partial charge in [0.15, 0.2) is 5.54 Å². The van der Waals surface area contributed by atoms with E-state index >= 15 is 0 Å². The first-order valence-corrected chi connectivity index (χ1v) is 7.90. The molecule has 0 aliphatic carbocycles. The minimum Gasteiger partial charge on any atom is -0.367 e. The molecule has 1 heterocycles. The largest absolute Gasteiger partial charge is 0.367 e. The molecule has 2 amide bonds. The summed E-state index contributed by atoms with van der Waals surface area (Å²) >= 11 is 6.25. The molecule has 0 aromatic heterocycles. The van der Waals surface area contributed by atoms with E-state index in [9.17, 15) is 9.59 Å². The lowest BCUT2D eigenvalue weighted by Gasteiger charge is -2.36. The third-order valence-electron chi connectivity index (χ3n) is 4.29. The van der Waals surface area contributed by atoms with Gasteiger partial charge in [0.25, 0.3) is 5.91 Å². The number of nitrogens with zero attached hydrogens (tertiary/aromatic N) is 1. The lowest BCUT2D eigenvalue weighted by atomic mass is 9.84. The summed E-state index contributed by atoms with van der Waals surface area (Å²) in [6, 6.07) is 14.3. The fourth-order valence-electron chi connectivity index (χ4n) is 3.38. The number of carbonyl (C=O) groups excluding carboxylic acids is 2. The number of hydrogen-bond acceptors (Lipinski definition) is 2. The molecular weight excluding hydrogens is 312 g/mol. The Bertz CT molecular complexity index is 776. The number of halogens is 1. The SMILES string of the molecule is CCCC1(C(N)=O)c2cccc(Cl)c2C(=O)N1c1ccccc1. The van der Waals surface area contributed by atoms with Crippen LogP contribution in [0.1, 0.15) is 35.7 Å². The highest BCUT2D eigenvalue weighted by Gasteiger charge is 2.54. The molecule has 1 unspecified atom stereocenters. The number of hydrogen-bond donors (Lipinski definition) is 1. The van der Waals surface area contributed by atoms with Crippen molar-refractivity contribution in [2.45, 2.75) is 25.3 Å². The molecule has 1 aliphatic rings. The smallest absolute Gasteiger partial charge is 0.261 e. The topological polar surface area (TPSA) is 63.4 Å². The van der Waals surface area contributed by atoms with E-state index in [1.165, 1.54) is 4.90 Å². The summed E-state index contributed by atoms with van der Waals surface area (Å²) in [4.78, 5) is 27.0. The number of fused-ring (bicyclic) bond motifs is 1. The van der Waals surface area contributed by atoms with Crippen LogP contribution in [-0.4, -0.2) is 11.8 Å². The van der Waals surface area contributed by atoms with Crippen molar-refractivity contribution in [2.24, 2.45) is 5.73 Å². The van der Waals surface area contributed by atoms with Crippen LogP contribution in [0, 0.1) is 0 Å². The van der Waals surface area contributed by atoms with E-state index < -0.39 is 11.4 Å². The minimum absolute atomic E-state index is 0.288. The standard InChI is InChI=1S/C18H17ClN2O2/c1-2-11-18(17(20)23)13-9-6-10-14(19)15(13)16(22)21(18)12-7-4-3-5-8-12/h3-10H,2,11H2,1H3,(H2,20,23). The second kappa shape index (κ2) is 5.70. The van der Waals surface area contributed by atoms with Gasteiger partial charge in [-0.05, 0) is 24.6 Å². The summed E-state index contributed by atoms with van der Waals surface area (Å²) in [5.41, 5.74) is 6.19. The van der Waals surface area contributed by atoms with Crippen LogP contribution in [0.15, 0.2) is 48.5 Å². The Kier molecular flexibility index (Phi) is 3.86. The quantitative estimate of drug-likeness (QED) is 0.933. The number of anilines is 1. The fraction of sp³-hybridized carbons (Fsp3) is 0.222. The summed E-state index contributed by atoms with van der Waals surface area (Å²) in [6.07, 6.45) is 1.14. The van der Waals surface area contributed by atoms with Crippen molar-refractivity contribution in [2.75, 3.05) is 4.90 Å². The third-order valence-corrected chi connectivity index (χ3v) is 4.61. The van der Waals surface area contributed by atoms with Crippen LogP contribution in [0.3, 0.4) is 0 Å². The summed E-state index contributed by atoms with van der Waals surface area (Å²) in [5.74, 6) is -0.832. The van der Waals surface area contributed by atoms with Crippen LogP contribution in [-0.2, 0) is 10.3 Å². The van der Waals surface area contributed by atoms with E-state index in [0.29, 0.717) is 34.7 Å². The van der Waals surface area contributed by atoms with Crippen LogP contribution in [0.2, 0.25) is 5.02 Å². The molecular formula is C18H17ClN2O2. The molecule has 23 heavy (non-hydrogen) atoms. The molecule has 0 saturated heterocycles. The minimum atomic E-state index is -1.20.